The third-order valence-corrected chi connectivity index (χ3v) is 4.18. The summed E-state index contributed by atoms with van der Waals surface area (Å²) in [5.41, 5.74) is -0.0102. The molecule has 4 nitrogen and oxygen atoms in total. The predicted molar refractivity (Wildman–Crippen MR) is 65.5 cm³/mol. The van der Waals surface area contributed by atoms with Crippen molar-refractivity contribution in [1.82, 2.24) is 4.90 Å². The van der Waals surface area contributed by atoms with Crippen LogP contribution in [0.5, 0.6) is 0 Å². The molecule has 0 saturated carbocycles. The smallest absolute Gasteiger partial charge is 0.327 e. The topological polar surface area (TPSA) is 57.6 Å². The predicted octanol–water partition coefficient (Wildman–Crippen LogP) is 2.01. The average Bonchev–Trinajstić information content (AvgIpc) is 2.76. The Morgan fingerprint density at radius 2 is 2.11 bits per heavy atom. The average molecular weight is 287 g/mol. The van der Waals surface area contributed by atoms with E-state index >= 15 is 0 Å². The highest BCUT2D eigenvalue weighted by Gasteiger charge is 2.42. The molecule has 0 radical (unpaired) electrons. The number of hydrogen-bond acceptors (Lipinski definition) is 3. The van der Waals surface area contributed by atoms with E-state index in [1.54, 1.807) is 0 Å². The van der Waals surface area contributed by atoms with Crippen LogP contribution in [0.25, 0.3) is 0 Å². The van der Waals surface area contributed by atoms with Crippen molar-refractivity contribution in [2.75, 3.05) is 5.75 Å². The number of halogens is 2. The van der Waals surface area contributed by atoms with Crippen LogP contribution in [0.1, 0.15) is 17.9 Å². The van der Waals surface area contributed by atoms with Crippen LogP contribution in [-0.2, 0) is 9.59 Å². The molecule has 0 aromatic heterocycles. The van der Waals surface area contributed by atoms with Crippen molar-refractivity contribution in [3.05, 3.63) is 35.4 Å². The van der Waals surface area contributed by atoms with Crippen molar-refractivity contribution in [2.24, 2.45) is 0 Å². The molecule has 1 amide bonds. The fraction of sp³-hybridized carbons (Fsp3) is 0.333. The second-order valence-electron chi connectivity index (χ2n) is 4.13. The summed E-state index contributed by atoms with van der Waals surface area (Å²) in [6, 6.07) is 1.92. The zero-order chi connectivity index (χ0) is 14.2. The first-order valence-electron chi connectivity index (χ1n) is 5.50. The number of thioether (sulfide) groups is 1. The van der Waals surface area contributed by atoms with E-state index in [4.69, 9.17) is 5.11 Å². The number of aliphatic carboxylic acids is 1. The highest BCUT2D eigenvalue weighted by atomic mass is 32.2. The van der Waals surface area contributed by atoms with Gasteiger partial charge in [-0.1, -0.05) is 0 Å². The first kappa shape index (κ1) is 13.8. The summed E-state index contributed by atoms with van der Waals surface area (Å²) in [7, 11) is 0. The second-order valence-corrected chi connectivity index (χ2v) is 5.25. The molecule has 1 fully saturated rings. The maximum atomic E-state index is 13.7. The molecule has 1 unspecified atom stereocenters. The molecule has 19 heavy (non-hydrogen) atoms. The lowest BCUT2D eigenvalue weighted by molar-refractivity contribution is -0.148. The molecule has 1 aromatic carbocycles. The molecule has 0 aliphatic carbocycles. The SMILES string of the molecule is CC(=O)N1C(c2cc(F)ccc2F)SC[C@@H]1C(=O)O. The summed E-state index contributed by atoms with van der Waals surface area (Å²) in [5.74, 6) is -2.77. The number of nitrogens with zero attached hydrogens (tertiary/aromatic N) is 1. The molecule has 2 rings (SSSR count). The molecule has 1 aliphatic rings. The maximum absolute atomic E-state index is 13.7. The number of benzene rings is 1. The zero-order valence-electron chi connectivity index (χ0n) is 9.97. The van der Waals surface area contributed by atoms with Crippen LogP contribution in [0.15, 0.2) is 18.2 Å². The number of amides is 1. The Kier molecular flexibility index (Phi) is 3.75. The van der Waals surface area contributed by atoms with Crippen molar-refractivity contribution >= 4 is 23.6 Å². The Morgan fingerprint density at radius 1 is 1.42 bits per heavy atom. The van der Waals surface area contributed by atoms with Crippen molar-refractivity contribution in [2.45, 2.75) is 18.3 Å². The van der Waals surface area contributed by atoms with Gasteiger partial charge < -0.3 is 10.0 Å². The standard InChI is InChI=1S/C12H11F2NO3S/c1-6(16)15-10(12(17)18)5-19-11(15)8-4-7(13)2-3-9(8)14/h2-4,10-11H,5H2,1H3,(H,17,18)/t10-,11?/m1/s1. The van der Waals surface area contributed by atoms with E-state index in [1.165, 1.54) is 6.92 Å². The highest BCUT2D eigenvalue weighted by molar-refractivity contribution is 7.99. The monoisotopic (exact) mass is 287 g/mol. The fourth-order valence-corrected chi connectivity index (χ4v) is 3.51. The Labute approximate surface area is 112 Å². The van der Waals surface area contributed by atoms with E-state index in [0.717, 1.165) is 34.9 Å². The first-order valence-corrected chi connectivity index (χ1v) is 6.55. The van der Waals surface area contributed by atoms with Gasteiger partial charge in [-0.05, 0) is 18.2 Å². The van der Waals surface area contributed by atoms with E-state index in [1.807, 2.05) is 0 Å². The molecule has 1 N–H and O–H groups in total. The Morgan fingerprint density at radius 3 is 2.68 bits per heavy atom. The quantitative estimate of drug-likeness (QED) is 0.904. The third kappa shape index (κ3) is 2.56. The molecule has 1 heterocycles. The van der Waals surface area contributed by atoms with Crippen LogP contribution >= 0.6 is 11.8 Å². The fourth-order valence-electron chi connectivity index (χ4n) is 2.02. The number of carboxylic acids is 1. The Balaban J connectivity index is 2.41. The zero-order valence-corrected chi connectivity index (χ0v) is 10.8. The van der Waals surface area contributed by atoms with Gasteiger partial charge in [0.25, 0.3) is 0 Å². The minimum atomic E-state index is -1.15. The van der Waals surface area contributed by atoms with Crippen LogP contribution in [-0.4, -0.2) is 33.7 Å². The van der Waals surface area contributed by atoms with Crippen molar-refractivity contribution in [3.63, 3.8) is 0 Å². The molecule has 1 aromatic rings. The van der Waals surface area contributed by atoms with Gasteiger partial charge in [0.2, 0.25) is 5.91 Å². The summed E-state index contributed by atoms with van der Waals surface area (Å²) < 4.78 is 26.9. The molecule has 7 heteroatoms. The molecular weight excluding hydrogens is 276 g/mol. The molecule has 1 aliphatic heterocycles. The lowest BCUT2D eigenvalue weighted by Crippen LogP contribution is -2.41. The largest absolute Gasteiger partial charge is 0.480 e. The third-order valence-electron chi connectivity index (χ3n) is 2.87. The molecular formula is C12H11F2NO3S. The summed E-state index contributed by atoms with van der Waals surface area (Å²) in [5, 5.41) is 8.24. The summed E-state index contributed by atoms with van der Waals surface area (Å²) >= 11 is 1.11. The van der Waals surface area contributed by atoms with Crippen LogP contribution in [0.2, 0.25) is 0 Å². The van der Waals surface area contributed by atoms with E-state index in [-0.39, 0.29) is 11.3 Å². The van der Waals surface area contributed by atoms with E-state index < -0.39 is 34.9 Å². The van der Waals surface area contributed by atoms with Gasteiger partial charge in [-0.2, -0.15) is 0 Å². The van der Waals surface area contributed by atoms with Crippen molar-refractivity contribution in [3.8, 4) is 0 Å². The lowest BCUT2D eigenvalue weighted by Gasteiger charge is -2.26. The number of carbonyl (C=O) groups excluding carboxylic acids is 1. The number of hydrogen-bond donors (Lipinski definition) is 1. The van der Waals surface area contributed by atoms with Gasteiger partial charge in [-0.25, -0.2) is 13.6 Å². The van der Waals surface area contributed by atoms with Crippen LogP contribution in [0.3, 0.4) is 0 Å². The van der Waals surface area contributed by atoms with Gasteiger partial charge in [0.05, 0.1) is 0 Å². The highest BCUT2D eigenvalue weighted by Crippen LogP contribution is 2.42. The van der Waals surface area contributed by atoms with E-state index in [9.17, 15) is 18.4 Å². The molecule has 0 bridgehead atoms. The van der Waals surface area contributed by atoms with E-state index in [2.05, 4.69) is 0 Å². The van der Waals surface area contributed by atoms with Gasteiger partial charge in [0, 0.05) is 18.2 Å². The van der Waals surface area contributed by atoms with Crippen molar-refractivity contribution in [1.29, 1.82) is 0 Å². The van der Waals surface area contributed by atoms with Crippen LogP contribution in [0, 0.1) is 11.6 Å². The van der Waals surface area contributed by atoms with Crippen LogP contribution < -0.4 is 0 Å². The second kappa shape index (κ2) is 5.16. The Hall–Kier alpha value is -1.63. The first-order chi connectivity index (χ1) is 8.91. The van der Waals surface area contributed by atoms with Gasteiger partial charge in [0.15, 0.2) is 0 Å². The molecule has 102 valence electrons. The Bertz CT molecular complexity index is 538. The van der Waals surface area contributed by atoms with Crippen molar-refractivity contribution < 1.29 is 23.5 Å². The minimum absolute atomic E-state index is 0.0102. The summed E-state index contributed by atoms with van der Waals surface area (Å²) in [6.07, 6.45) is 0. The number of carboxylic acid groups (broad SMARTS) is 1. The summed E-state index contributed by atoms with van der Waals surface area (Å²) in [4.78, 5) is 23.7. The maximum Gasteiger partial charge on any atom is 0.327 e. The van der Waals surface area contributed by atoms with Gasteiger partial charge in [-0.15, -0.1) is 11.8 Å². The lowest BCUT2D eigenvalue weighted by atomic mass is 10.1. The van der Waals surface area contributed by atoms with Gasteiger partial charge in [-0.3, -0.25) is 4.79 Å². The number of rotatable bonds is 2. The molecule has 2 atom stereocenters. The summed E-state index contributed by atoms with van der Waals surface area (Å²) in [6.45, 7) is 1.21. The van der Waals surface area contributed by atoms with Gasteiger partial charge in [0.1, 0.15) is 23.1 Å². The molecule has 0 spiro atoms. The number of carbonyl (C=O) groups is 2. The minimum Gasteiger partial charge on any atom is -0.480 e. The normalized spacial score (nSPS) is 22.6. The van der Waals surface area contributed by atoms with Crippen LogP contribution in [0.4, 0.5) is 8.78 Å². The van der Waals surface area contributed by atoms with E-state index in [0.29, 0.717) is 0 Å². The molecule has 1 saturated heterocycles. The van der Waals surface area contributed by atoms with Gasteiger partial charge >= 0.3 is 5.97 Å².